The Morgan fingerprint density at radius 3 is 2.95 bits per heavy atom. The van der Waals surface area contributed by atoms with Crippen molar-refractivity contribution in [3.8, 4) is 0 Å². The molecule has 1 aliphatic rings. The number of aromatic nitrogens is 2. The minimum atomic E-state index is -0.489. The Kier molecular flexibility index (Phi) is 3.56. The van der Waals surface area contributed by atoms with Crippen molar-refractivity contribution in [3.05, 3.63) is 24.3 Å². The molecule has 1 fully saturated rings. The van der Waals surface area contributed by atoms with Gasteiger partial charge in [-0.3, -0.25) is 10.4 Å². The summed E-state index contributed by atoms with van der Waals surface area (Å²) in [6.45, 7) is 3.79. The molecule has 1 amide bonds. The van der Waals surface area contributed by atoms with Crippen LogP contribution in [0.5, 0.6) is 0 Å². The maximum atomic E-state index is 11.9. The van der Waals surface area contributed by atoms with Crippen LogP contribution in [0, 0.1) is 5.92 Å². The highest BCUT2D eigenvalue weighted by molar-refractivity contribution is 5.96. The number of piperidine rings is 1. The van der Waals surface area contributed by atoms with Gasteiger partial charge in [0.2, 0.25) is 0 Å². The van der Waals surface area contributed by atoms with Crippen molar-refractivity contribution in [1.82, 2.24) is 15.3 Å². The first-order chi connectivity index (χ1) is 9.72. The second kappa shape index (κ2) is 5.50. The number of hydrogen-bond acceptors (Lipinski definition) is 4. The van der Waals surface area contributed by atoms with Crippen LogP contribution >= 0.6 is 0 Å². The van der Waals surface area contributed by atoms with Crippen LogP contribution in [0.4, 0.5) is 10.6 Å². The molecular formula is C14H18N4O2. The number of benzene rings is 1. The molecule has 0 unspecified atom stereocenters. The third kappa shape index (κ3) is 2.75. The van der Waals surface area contributed by atoms with Crippen LogP contribution in [0.3, 0.4) is 0 Å². The van der Waals surface area contributed by atoms with E-state index in [2.05, 4.69) is 22.4 Å². The normalized spacial score (nSPS) is 17.2. The van der Waals surface area contributed by atoms with Gasteiger partial charge in [-0.25, -0.2) is 4.79 Å². The van der Waals surface area contributed by atoms with E-state index < -0.39 is 6.09 Å². The Labute approximate surface area is 117 Å². The van der Waals surface area contributed by atoms with Crippen LogP contribution in [-0.4, -0.2) is 34.4 Å². The highest BCUT2D eigenvalue weighted by Gasteiger charge is 2.20. The average molecular weight is 274 g/mol. The van der Waals surface area contributed by atoms with E-state index in [-0.39, 0.29) is 0 Å². The molecule has 0 saturated carbocycles. The molecule has 0 radical (unpaired) electrons. The van der Waals surface area contributed by atoms with Crippen molar-refractivity contribution >= 4 is 22.8 Å². The van der Waals surface area contributed by atoms with Gasteiger partial charge in [0.05, 0.1) is 5.52 Å². The molecule has 0 bridgehead atoms. The second-order valence-electron chi connectivity index (χ2n) is 5.23. The van der Waals surface area contributed by atoms with Gasteiger partial charge < -0.3 is 4.84 Å². The molecule has 0 spiro atoms. The standard InChI is InChI=1S/C14H18N4O2/c1-10-6-8-18(9-7-10)20-14(19)15-13-11-4-2-3-5-12(11)16-17-13/h2-5,10H,6-9H2,1H3,(H2,15,16,17,19). The van der Waals surface area contributed by atoms with Crippen molar-refractivity contribution in [2.24, 2.45) is 5.92 Å². The monoisotopic (exact) mass is 274 g/mol. The van der Waals surface area contributed by atoms with E-state index in [0.29, 0.717) is 11.7 Å². The maximum Gasteiger partial charge on any atom is 0.432 e. The van der Waals surface area contributed by atoms with Gasteiger partial charge in [0.1, 0.15) is 0 Å². The summed E-state index contributed by atoms with van der Waals surface area (Å²) in [5, 5.41) is 12.2. The van der Waals surface area contributed by atoms with Gasteiger partial charge in [-0.2, -0.15) is 5.10 Å². The zero-order chi connectivity index (χ0) is 13.9. The first kappa shape index (κ1) is 12.9. The molecule has 106 valence electrons. The van der Waals surface area contributed by atoms with Gasteiger partial charge >= 0.3 is 6.09 Å². The minimum absolute atomic E-state index is 0.489. The average Bonchev–Trinajstić information content (AvgIpc) is 2.85. The quantitative estimate of drug-likeness (QED) is 0.883. The van der Waals surface area contributed by atoms with Crippen LogP contribution in [0.2, 0.25) is 0 Å². The second-order valence-corrected chi connectivity index (χ2v) is 5.23. The van der Waals surface area contributed by atoms with Crippen molar-refractivity contribution in [2.45, 2.75) is 19.8 Å². The number of hydrogen-bond donors (Lipinski definition) is 2. The third-order valence-corrected chi connectivity index (χ3v) is 3.65. The van der Waals surface area contributed by atoms with E-state index >= 15 is 0 Å². The largest absolute Gasteiger partial charge is 0.432 e. The van der Waals surface area contributed by atoms with Crippen LogP contribution < -0.4 is 5.32 Å². The number of aromatic amines is 1. The molecule has 2 aromatic rings. The SMILES string of the molecule is CC1CCN(OC(=O)Nc2n[nH]c3ccccc23)CC1. The van der Waals surface area contributed by atoms with Gasteiger partial charge in [0.15, 0.2) is 5.82 Å². The Bertz CT molecular complexity index is 602. The summed E-state index contributed by atoms with van der Waals surface area (Å²) >= 11 is 0. The molecule has 20 heavy (non-hydrogen) atoms. The summed E-state index contributed by atoms with van der Waals surface area (Å²) in [5.41, 5.74) is 0.884. The molecule has 0 aliphatic carbocycles. The highest BCUT2D eigenvalue weighted by Crippen LogP contribution is 2.20. The Morgan fingerprint density at radius 2 is 2.15 bits per heavy atom. The highest BCUT2D eigenvalue weighted by atomic mass is 16.7. The summed E-state index contributed by atoms with van der Waals surface area (Å²) in [5.74, 6) is 1.20. The molecule has 6 heteroatoms. The third-order valence-electron chi connectivity index (χ3n) is 3.65. The predicted molar refractivity (Wildman–Crippen MR) is 76.2 cm³/mol. The van der Waals surface area contributed by atoms with Gasteiger partial charge in [-0.15, -0.1) is 5.06 Å². The number of amides is 1. The van der Waals surface area contributed by atoms with E-state index in [4.69, 9.17) is 4.84 Å². The zero-order valence-corrected chi connectivity index (χ0v) is 11.4. The van der Waals surface area contributed by atoms with Gasteiger partial charge in [-0.1, -0.05) is 19.1 Å². The molecule has 1 aromatic heterocycles. The zero-order valence-electron chi connectivity index (χ0n) is 11.4. The summed E-state index contributed by atoms with van der Waals surface area (Å²) < 4.78 is 0. The van der Waals surface area contributed by atoms with E-state index in [1.165, 1.54) is 0 Å². The fraction of sp³-hybridized carbons (Fsp3) is 0.429. The first-order valence-electron chi connectivity index (χ1n) is 6.89. The molecule has 1 aromatic carbocycles. The van der Waals surface area contributed by atoms with E-state index in [1.807, 2.05) is 24.3 Å². The summed E-state index contributed by atoms with van der Waals surface area (Å²) in [6, 6.07) is 7.62. The molecular weight excluding hydrogens is 256 g/mol. The van der Waals surface area contributed by atoms with E-state index in [1.54, 1.807) is 5.06 Å². The van der Waals surface area contributed by atoms with Crippen LogP contribution in [-0.2, 0) is 4.84 Å². The Balaban J connectivity index is 1.61. The first-order valence-corrected chi connectivity index (χ1v) is 6.89. The van der Waals surface area contributed by atoms with Crippen LogP contribution in [0.25, 0.3) is 10.9 Å². The lowest BCUT2D eigenvalue weighted by atomic mass is 10.0. The summed E-state index contributed by atoms with van der Waals surface area (Å²) in [6.07, 6.45) is 1.62. The van der Waals surface area contributed by atoms with E-state index in [9.17, 15) is 4.79 Å². The number of carbonyl (C=O) groups excluding carboxylic acids is 1. The number of para-hydroxylation sites is 1. The number of anilines is 1. The number of carbonyl (C=O) groups is 1. The van der Waals surface area contributed by atoms with Gasteiger partial charge in [-0.05, 0) is 30.9 Å². The van der Waals surface area contributed by atoms with Gasteiger partial charge in [0, 0.05) is 18.5 Å². The number of hydroxylamine groups is 2. The van der Waals surface area contributed by atoms with Crippen molar-refractivity contribution in [1.29, 1.82) is 0 Å². The Morgan fingerprint density at radius 1 is 1.40 bits per heavy atom. The summed E-state index contributed by atoms with van der Waals surface area (Å²) in [4.78, 5) is 17.2. The lowest BCUT2D eigenvalue weighted by molar-refractivity contribution is -0.112. The fourth-order valence-corrected chi connectivity index (χ4v) is 2.37. The summed E-state index contributed by atoms with van der Waals surface area (Å²) in [7, 11) is 0. The molecule has 3 rings (SSSR count). The topological polar surface area (TPSA) is 70.2 Å². The number of H-pyrrole nitrogens is 1. The van der Waals surface area contributed by atoms with Crippen molar-refractivity contribution < 1.29 is 9.63 Å². The Hall–Kier alpha value is -2.08. The maximum absolute atomic E-state index is 11.9. The smallest absolute Gasteiger partial charge is 0.351 e. The number of nitrogens with zero attached hydrogens (tertiary/aromatic N) is 2. The van der Waals surface area contributed by atoms with Gasteiger partial charge in [0.25, 0.3) is 0 Å². The lowest BCUT2D eigenvalue weighted by Crippen LogP contribution is -2.36. The number of fused-ring (bicyclic) bond motifs is 1. The number of rotatable bonds is 2. The van der Waals surface area contributed by atoms with E-state index in [0.717, 1.165) is 36.8 Å². The molecule has 2 heterocycles. The molecule has 1 saturated heterocycles. The molecule has 6 nitrogen and oxygen atoms in total. The van der Waals surface area contributed by atoms with Crippen LogP contribution in [0.15, 0.2) is 24.3 Å². The minimum Gasteiger partial charge on any atom is -0.351 e. The van der Waals surface area contributed by atoms with Crippen molar-refractivity contribution in [2.75, 3.05) is 18.4 Å². The fourth-order valence-electron chi connectivity index (χ4n) is 2.37. The predicted octanol–water partition coefficient (Wildman–Crippen LogP) is 2.76. The lowest BCUT2D eigenvalue weighted by Gasteiger charge is -2.28. The molecule has 0 atom stereocenters. The van der Waals surface area contributed by atoms with Crippen molar-refractivity contribution in [3.63, 3.8) is 0 Å². The molecule has 1 aliphatic heterocycles. The molecule has 2 N–H and O–H groups in total. The number of nitrogens with one attached hydrogen (secondary N) is 2. The van der Waals surface area contributed by atoms with Crippen LogP contribution in [0.1, 0.15) is 19.8 Å².